The molecule has 2 heterocycles. The lowest BCUT2D eigenvalue weighted by Gasteiger charge is -2.11. The fraction of sp³-hybridized carbons (Fsp3) is 0.312. The lowest BCUT2D eigenvalue weighted by Crippen LogP contribution is -2.25. The molecule has 1 unspecified atom stereocenters. The molecular weight excluding hydrogens is 364 g/mol. The zero-order chi connectivity index (χ0) is 17.9. The van der Waals surface area contributed by atoms with Gasteiger partial charge in [-0.25, -0.2) is 18.4 Å². The Hall–Kier alpha value is -2.19. The van der Waals surface area contributed by atoms with Crippen LogP contribution in [0.5, 0.6) is 0 Å². The molecule has 0 bridgehead atoms. The summed E-state index contributed by atoms with van der Waals surface area (Å²) in [5.74, 6) is 0.398. The molecule has 25 heavy (non-hydrogen) atoms. The second-order valence-corrected chi connectivity index (χ2v) is 8.51. The van der Waals surface area contributed by atoms with Gasteiger partial charge in [0.05, 0.1) is 23.9 Å². The monoisotopic (exact) mass is 380 g/mol. The Morgan fingerprint density at radius 2 is 1.96 bits per heavy atom. The molecule has 1 saturated heterocycles. The predicted octanol–water partition coefficient (Wildman–Crippen LogP) is 1.66. The van der Waals surface area contributed by atoms with Crippen molar-refractivity contribution in [2.24, 2.45) is 0 Å². The summed E-state index contributed by atoms with van der Waals surface area (Å²) in [6.45, 7) is 0.359. The number of rotatable bonds is 5. The molecule has 0 saturated carbocycles. The van der Waals surface area contributed by atoms with Gasteiger partial charge in [-0.15, -0.1) is 0 Å². The van der Waals surface area contributed by atoms with Crippen molar-refractivity contribution in [2.45, 2.75) is 19.0 Å². The van der Waals surface area contributed by atoms with Crippen LogP contribution in [-0.2, 0) is 16.4 Å². The van der Waals surface area contributed by atoms with E-state index < -0.39 is 9.84 Å². The number of carbonyl (C=O) groups excluding carboxylic acids is 1. The molecule has 1 aromatic carbocycles. The number of nitrogens with zero attached hydrogens (tertiary/aromatic N) is 2. The van der Waals surface area contributed by atoms with Gasteiger partial charge >= 0.3 is 0 Å². The molecule has 132 valence electrons. The number of hydrogen-bond donors (Lipinski definition) is 2. The number of nitrogens with one attached hydrogen (secondary N) is 2. The predicted molar refractivity (Wildman–Crippen MR) is 95.3 cm³/mol. The van der Waals surface area contributed by atoms with E-state index in [0.717, 1.165) is 5.56 Å². The summed E-state index contributed by atoms with van der Waals surface area (Å²) >= 11 is 5.82. The van der Waals surface area contributed by atoms with Crippen LogP contribution in [0.25, 0.3) is 0 Å². The van der Waals surface area contributed by atoms with Crippen molar-refractivity contribution in [3.8, 4) is 0 Å². The maximum absolute atomic E-state index is 12.1. The Labute approximate surface area is 150 Å². The maximum atomic E-state index is 12.1. The molecule has 2 N–H and O–H groups in total. The van der Waals surface area contributed by atoms with Gasteiger partial charge in [0.1, 0.15) is 11.5 Å². The SMILES string of the molecule is O=C(NCc1ccc(Cl)cc1)c1cnc(NC2CCS(=O)(=O)C2)cn1. The van der Waals surface area contributed by atoms with Gasteiger partial charge < -0.3 is 10.6 Å². The van der Waals surface area contributed by atoms with E-state index in [1.54, 1.807) is 12.1 Å². The van der Waals surface area contributed by atoms with Crippen molar-refractivity contribution in [1.29, 1.82) is 0 Å². The van der Waals surface area contributed by atoms with Gasteiger partial charge in [-0.3, -0.25) is 4.79 Å². The van der Waals surface area contributed by atoms with E-state index >= 15 is 0 Å². The van der Waals surface area contributed by atoms with E-state index in [9.17, 15) is 13.2 Å². The third-order valence-electron chi connectivity index (χ3n) is 3.84. The highest BCUT2D eigenvalue weighted by molar-refractivity contribution is 7.91. The van der Waals surface area contributed by atoms with Crippen LogP contribution in [-0.4, -0.2) is 41.8 Å². The lowest BCUT2D eigenvalue weighted by molar-refractivity contribution is 0.0945. The molecule has 0 spiro atoms. The highest BCUT2D eigenvalue weighted by Crippen LogP contribution is 2.15. The number of amides is 1. The number of benzene rings is 1. The average molecular weight is 381 g/mol. The average Bonchev–Trinajstić information content (AvgIpc) is 2.93. The number of aromatic nitrogens is 2. The minimum atomic E-state index is -2.96. The molecule has 7 nitrogen and oxygen atoms in total. The van der Waals surface area contributed by atoms with Crippen LogP contribution in [0, 0.1) is 0 Å². The van der Waals surface area contributed by atoms with E-state index in [-0.39, 0.29) is 29.1 Å². The van der Waals surface area contributed by atoms with Gasteiger partial charge in [0, 0.05) is 17.6 Å². The summed E-state index contributed by atoms with van der Waals surface area (Å²) in [5, 5.41) is 6.42. The van der Waals surface area contributed by atoms with E-state index in [1.807, 2.05) is 12.1 Å². The van der Waals surface area contributed by atoms with Crippen LogP contribution in [0.15, 0.2) is 36.7 Å². The normalized spacial score (nSPS) is 18.7. The minimum Gasteiger partial charge on any atom is -0.365 e. The zero-order valence-electron chi connectivity index (χ0n) is 13.3. The molecule has 1 aliphatic rings. The molecule has 1 fully saturated rings. The fourth-order valence-corrected chi connectivity index (χ4v) is 4.31. The first-order chi connectivity index (χ1) is 11.9. The molecule has 3 rings (SSSR count). The van der Waals surface area contributed by atoms with Crippen molar-refractivity contribution < 1.29 is 13.2 Å². The Kier molecular flexibility index (Phi) is 5.19. The summed E-state index contributed by atoms with van der Waals surface area (Å²) < 4.78 is 22.9. The third-order valence-corrected chi connectivity index (χ3v) is 5.86. The Balaban J connectivity index is 1.54. The molecule has 0 radical (unpaired) electrons. The van der Waals surface area contributed by atoms with Crippen LogP contribution >= 0.6 is 11.6 Å². The first-order valence-corrected chi connectivity index (χ1v) is 9.93. The van der Waals surface area contributed by atoms with Crippen LogP contribution < -0.4 is 10.6 Å². The molecule has 1 aliphatic heterocycles. The second kappa shape index (κ2) is 7.37. The van der Waals surface area contributed by atoms with E-state index in [0.29, 0.717) is 23.8 Å². The molecule has 2 aromatic rings. The second-order valence-electron chi connectivity index (χ2n) is 5.84. The Morgan fingerprint density at radius 1 is 1.20 bits per heavy atom. The van der Waals surface area contributed by atoms with Crippen LogP contribution in [0.2, 0.25) is 5.02 Å². The largest absolute Gasteiger partial charge is 0.365 e. The fourth-order valence-electron chi connectivity index (χ4n) is 2.51. The highest BCUT2D eigenvalue weighted by atomic mass is 35.5. The Bertz CT molecular complexity index is 854. The molecule has 1 amide bonds. The van der Waals surface area contributed by atoms with Gasteiger partial charge in [-0.2, -0.15) is 0 Å². The number of carbonyl (C=O) groups is 1. The van der Waals surface area contributed by atoms with Crippen molar-refractivity contribution >= 4 is 33.2 Å². The van der Waals surface area contributed by atoms with Gasteiger partial charge in [0.15, 0.2) is 9.84 Å². The molecule has 9 heteroatoms. The molecule has 0 aliphatic carbocycles. The Morgan fingerprint density at radius 3 is 2.56 bits per heavy atom. The standard InChI is InChI=1S/C16H17ClN4O3S/c17-12-3-1-11(2-4-12)7-20-16(22)14-8-19-15(9-18-14)21-13-5-6-25(23,24)10-13/h1-4,8-9,13H,5-7,10H2,(H,19,21)(H,20,22). The summed E-state index contributed by atoms with van der Waals surface area (Å²) in [7, 11) is -2.96. The van der Waals surface area contributed by atoms with Gasteiger partial charge in [0.25, 0.3) is 5.91 Å². The van der Waals surface area contributed by atoms with Crippen molar-refractivity contribution in [3.05, 3.63) is 52.9 Å². The lowest BCUT2D eigenvalue weighted by atomic mass is 10.2. The summed E-state index contributed by atoms with van der Waals surface area (Å²) in [5.41, 5.74) is 1.12. The van der Waals surface area contributed by atoms with Crippen molar-refractivity contribution in [3.63, 3.8) is 0 Å². The van der Waals surface area contributed by atoms with Gasteiger partial charge in [-0.1, -0.05) is 23.7 Å². The van der Waals surface area contributed by atoms with Crippen molar-refractivity contribution in [2.75, 3.05) is 16.8 Å². The highest BCUT2D eigenvalue weighted by Gasteiger charge is 2.27. The summed E-state index contributed by atoms with van der Waals surface area (Å²) in [4.78, 5) is 20.3. The summed E-state index contributed by atoms with van der Waals surface area (Å²) in [6.07, 6.45) is 3.35. The number of halogens is 1. The van der Waals surface area contributed by atoms with E-state index in [4.69, 9.17) is 11.6 Å². The van der Waals surface area contributed by atoms with Crippen LogP contribution in [0.1, 0.15) is 22.5 Å². The first kappa shape index (κ1) is 17.6. The number of sulfone groups is 1. The molecule has 1 aromatic heterocycles. The third kappa shape index (κ3) is 4.90. The summed E-state index contributed by atoms with van der Waals surface area (Å²) in [6, 6.07) is 7.01. The number of anilines is 1. The maximum Gasteiger partial charge on any atom is 0.271 e. The minimum absolute atomic E-state index is 0.0952. The van der Waals surface area contributed by atoms with Gasteiger partial charge in [-0.05, 0) is 24.1 Å². The molecular formula is C16H17ClN4O3S. The smallest absolute Gasteiger partial charge is 0.271 e. The first-order valence-electron chi connectivity index (χ1n) is 7.73. The topological polar surface area (TPSA) is 101 Å². The quantitative estimate of drug-likeness (QED) is 0.818. The van der Waals surface area contributed by atoms with Gasteiger partial charge in [0.2, 0.25) is 0 Å². The molecule has 1 atom stereocenters. The van der Waals surface area contributed by atoms with Crippen molar-refractivity contribution in [1.82, 2.24) is 15.3 Å². The van der Waals surface area contributed by atoms with Crippen LogP contribution in [0.4, 0.5) is 5.82 Å². The number of hydrogen-bond acceptors (Lipinski definition) is 6. The van der Waals surface area contributed by atoms with Crippen LogP contribution in [0.3, 0.4) is 0 Å². The van der Waals surface area contributed by atoms with E-state index in [2.05, 4.69) is 20.6 Å². The zero-order valence-corrected chi connectivity index (χ0v) is 14.8. The van der Waals surface area contributed by atoms with E-state index in [1.165, 1.54) is 12.4 Å².